The Hall–Kier alpha value is -1.43. The lowest BCUT2D eigenvalue weighted by molar-refractivity contribution is -0.122. The van der Waals surface area contributed by atoms with Crippen molar-refractivity contribution in [2.75, 3.05) is 6.61 Å². The Morgan fingerprint density at radius 2 is 2.25 bits per heavy atom. The minimum absolute atomic E-state index is 0.0328. The minimum Gasteiger partial charge on any atom is -0.396 e. The molecule has 0 radical (unpaired) electrons. The number of nitrogens with one attached hydrogen (secondary N) is 2. The molecule has 1 saturated carbocycles. The molecule has 1 atom stereocenters. The number of aromatic amines is 1. The van der Waals surface area contributed by atoms with Crippen LogP contribution in [0.1, 0.15) is 50.8 Å². The van der Waals surface area contributed by atoms with E-state index in [0.29, 0.717) is 25.2 Å². The van der Waals surface area contributed by atoms with E-state index in [1.165, 1.54) is 25.6 Å². The highest BCUT2D eigenvalue weighted by Crippen LogP contribution is 2.27. The lowest BCUT2D eigenvalue weighted by Gasteiger charge is -2.30. The van der Waals surface area contributed by atoms with Crippen LogP contribution in [0.15, 0.2) is 6.33 Å². The predicted octanol–water partition coefficient (Wildman–Crippen LogP) is 1.18. The van der Waals surface area contributed by atoms with Crippen molar-refractivity contribution in [3.8, 4) is 0 Å². The smallest absolute Gasteiger partial charge is 0.220 e. The van der Waals surface area contributed by atoms with Crippen LogP contribution in [0.2, 0.25) is 0 Å². The molecular formula is C14H24N4O2. The standard InChI is InChI=1S/C14H24N4O2/c19-9-8-12(11-4-2-1-3-5-11)17-14(20)7-6-13-15-10-16-18-13/h10-12,19H,1-9H2,(H,17,20)(H,15,16,18). The third kappa shape index (κ3) is 4.59. The van der Waals surface area contributed by atoms with Gasteiger partial charge in [0.05, 0.1) is 0 Å². The van der Waals surface area contributed by atoms with Crippen molar-refractivity contribution in [2.45, 2.75) is 57.4 Å². The number of aliphatic hydroxyl groups is 1. The molecule has 2 rings (SSSR count). The fourth-order valence-electron chi connectivity index (χ4n) is 2.96. The molecule has 20 heavy (non-hydrogen) atoms. The number of rotatable bonds is 7. The summed E-state index contributed by atoms with van der Waals surface area (Å²) in [5.74, 6) is 1.28. The van der Waals surface area contributed by atoms with Crippen molar-refractivity contribution in [1.29, 1.82) is 0 Å². The fourth-order valence-corrected chi connectivity index (χ4v) is 2.96. The van der Waals surface area contributed by atoms with E-state index in [4.69, 9.17) is 0 Å². The van der Waals surface area contributed by atoms with Gasteiger partial charge in [-0.3, -0.25) is 9.89 Å². The Morgan fingerprint density at radius 3 is 2.90 bits per heavy atom. The Morgan fingerprint density at radius 1 is 1.45 bits per heavy atom. The van der Waals surface area contributed by atoms with Crippen molar-refractivity contribution >= 4 is 5.91 Å². The van der Waals surface area contributed by atoms with Gasteiger partial charge in [-0.1, -0.05) is 19.3 Å². The summed E-state index contributed by atoms with van der Waals surface area (Å²) in [4.78, 5) is 16.0. The lowest BCUT2D eigenvalue weighted by atomic mass is 9.82. The molecule has 0 saturated heterocycles. The van der Waals surface area contributed by atoms with Crippen LogP contribution >= 0.6 is 0 Å². The summed E-state index contributed by atoms with van der Waals surface area (Å²) in [6.45, 7) is 0.129. The van der Waals surface area contributed by atoms with E-state index in [1.807, 2.05) is 0 Å². The summed E-state index contributed by atoms with van der Waals surface area (Å²) >= 11 is 0. The van der Waals surface area contributed by atoms with Crippen molar-refractivity contribution < 1.29 is 9.90 Å². The SMILES string of the molecule is O=C(CCc1ncn[nH]1)NC(CCO)C1CCCCC1. The predicted molar refractivity (Wildman–Crippen MR) is 74.9 cm³/mol. The normalized spacial score (nSPS) is 17.9. The topological polar surface area (TPSA) is 90.9 Å². The molecule has 0 bridgehead atoms. The summed E-state index contributed by atoms with van der Waals surface area (Å²) in [6.07, 6.45) is 9.16. The van der Waals surface area contributed by atoms with Gasteiger partial charge >= 0.3 is 0 Å². The average molecular weight is 280 g/mol. The van der Waals surface area contributed by atoms with Gasteiger partial charge in [0.2, 0.25) is 5.91 Å². The van der Waals surface area contributed by atoms with Crippen molar-refractivity contribution in [2.24, 2.45) is 5.92 Å². The zero-order chi connectivity index (χ0) is 14.2. The van der Waals surface area contributed by atoms with Crippen LogP contribution in [0.3, 0.4) is 0 Å². The molecular weight excluding hydrogens is 256 g/mol. The maximum atomic E-state index is 12.0. The van der Waals surface area contributed by atoms with Crippen LogP contribution in [-0.4, -0.2) is 38.8 Å². The minimum atomic E-state index is 0.0328. The number of carbonyl (C=O) groups excluding carboxylic acids is 1. The molecule has 0 aromatic carbocycles. The molecule has 1 aliphatic carbocycles. The van der Waals surface area contributed by atoms with Gasteiger partial charge in [0, 0.05) is 25.5 Å². The molecule has 1 aliphatic rings. The first kappa shape index (κ1) is 15.0. The maximum absolute atomic E-state index is 12.0. The second-order valence-electron chi connectivity index (χ2n) is 5.52. The zero-order valence-corrected chi connectivity index (χ0v) is 11.8. The molecule has 0 spiro atoms. The molecule has 0 aliphatic heterocycles. The van der Waals surface area contributed by atoms with Gasteiger partial charge in [-0.25, -0.2) is 4.98 Å². The zero-order valence-electron chi connectivity index (χ0n) is 11.8. The number of amides is 1. The number of aromatic nitrogens is 3. The van der Waals surface area contributed by atoms with Crippen LogP contribution in [0.25, 0.3) is 0 Å². The Balaban J connectivity index is 1.78. The van der Waals surface area contributed by atoms with Crippen LogP contribution < -0.4 is 5.32 Å². The second-order valence-corrected chi connectivity index (χ2v) is 5.52. The largest absolute Gasteiger partial charge is 0.396 e. The first-order chi connectivity index (χ1) is 9.79. The van der Waals surface area contributed by atoms with Gasteiger partial charge < -0.3 is 10.4 Å². The number of nitrogens with zero attached hydrogens (tertiary/aromatic N) is 2. The van der Waals surface area contributed by atoms with E-state index >= 15 is 0 Å². The third-order valence-electron chi connectivity index (χ3n) is 4.06. The van der Waals surface area contributed by atoms with Gasteiger partial charge in [0.15, 0.2) is 0 Å². The first-order valence-corrected chi connectivity index (χ1v) is 7.54. The van der Waals surface area contributed by atoms with Gasteiger partial charge in [0.25, 0.3) is 0 Å². The second kappa shape index (κ2) is 7.99. The van der Waals surface area contributed by atoms with E-state index in [-0.39, 0.29) is 18.6 Å². The number of hydrogen-bond donors (Lipinski definition) is 3. The highest BCUT2D eigenvalue weighted by molar-refractivity contribution is 5.76. The molecule has 6 nitrogen and oxygen atoms in total. The molecule has 1 unspecified atom stereocenters. The summed E-state index contributed by atoms with van der Waals surface area (Å²) in [7, 11) is 0. The fraction of sp³-hybridized carbons (Fsp3) is 0.786. The van der Waals surface area contributed by atoms with E-state index in [9.17, 15) is 9.90 Å². The molecule has 1 aromatic heterocycles. The number of aliphatic hydroxyl groups excluding tert-OH is 1. The number of carbonyl (C=O) groups is 1. The number of H-pyrrole nitrogens is 1. The van der Waals surface area contributed by atoms with Crippen LogP contribution in [-0.2, 0) is 11.2 Å². The summed E-state index contributed by atoms with van der Waals surface area (Å²) < 4.78 is 0. The highest BCUT2D eigenvalue weighted by atomic mass is 16.3. The average Bonchev–Trinajstić information content (AvgIpc) is 2.99. The van der Waals surface area contributed by atoms with Crippen LogP contribution in [0.4, 0.5) is 0 Å². The van der Waals surface area contributed by atoms with Crippen molar-refractivity contribution in [3.05, 3.63) is 12.2 Å². The van der Waals surface area contributed by atoms with Gasteiger partial charge in [-0.05, 0) is 25.2 Å². The van der Waals surface area contributed by atoms with E-state index in [0.717, 1.165) is 18.7 Å². The highest BCUT2D eigenvalue weighted by Gasteiger charge is 2.24. The van der Waals surface area contributed by atoms with Crippen molar-refractivity contribution in [3.63, 3.8) is 0 Å². The molecule has 1 fully saturated rings. The van der Waals surface area contributed by atoms with E-state index < -0.39 is 0 Å². The van der Waals surface area contributed by atoms with E-state index in [2.05, 4.69) is 20.5 Å². The van der Waals surface area contributed by atoms with E-state index in [1.54, 1.807) is 0 Å². The number of aryl methyl sites for hydroxylation is 1. The van der Waals surface area contributed by atoms with Gasteiger partial charge in [0.1, 0.15) is 12.2 Å². The summed E-state index contributed by atoms with van der Waals surface area (Å²) in [5.41, 5.74) is 0. The van der Waals surface area contributed by atoms with Crippen LogP contribution in [0, 0.1) is 5.92 Å². The molecule has 3 N–H and O–H groups in total. The number of hydrogen-bond acceptors (Lipinski definition) is 4. The molecule has 112 valence electrons. The lowest BCUT2D eigenvalue weighted by Crippen LogP contribution is -2.41. The monoisotopic (exact) mass is 280 g/mol. The Bertz CT molecular complexity index is 388. The molecule has 6 heteroatoms. The third-order valence-corrected chi connectivity index (χ3v) is 4.06. The van der Waals surface area contributed by atoms with Gasteiger partial charge in [-0.15, -0.1) is 0 Å². The summed E-state index contributed by atoms with van der Waals surface area (Å²) in [5, 5.41) is 18.8. The van der Waals surface area contributed by atoms with Crippen molar-refractivity contribution in [1.82, 2.24) is 20.5 Å². The molecule has 1 aromatic rings. The first-order valence-electron chi connectivity index (χ1n) is 7.54. The maximum Gasteiger partial charge on any atom is 0.220 e. The molecule has 1 heterocycles. The molecule has 1 amide bonds. The van der Waals surface area contributed by atoms with Gasteiger partial charge in [-0.2, -0.15) is 5.10 Å². The quantitative estimate of drug-likeness (QED) is 0.699. The van der Waals surface area contributed by atoms with Crippen LogP contribution in [0.5, 0.6) is 0 Å². The summed E-state index contributed by atoms with van der Waals surface area (Å²) in [6, 6.07) is 0.113. The Kier molecular flexibility index (Phi) is 5.98. The Labute approximate surface area is 119 Å².